The minimum absolute atomic E-state index is 0.383. The second kappa shape index (κ2) is 4.28. The van der Waals surface area contributed by atoms with Gasteiger partial charge in [-0.1, -0.05) is 0 Å². The number of hydrogen-bond donors (Lipinski definition) is 2. The largest absolute Gasteiger partial charge is 0.481 e. The van der Waals surface area contributed by atoms with Gasteiger partial charge in [0.05, 0.1) is 11.5 Å². The molecule has 0 amide bonds. The molecular formula is C10H19NO3. The van der Waals surface area contributed by atoms with E-state index < -0.39 is 11.4 Å². The first-order valence-corrected chi connectivity index (χ1v) is 5.08. The maximum absolute atomic E-state index is 11.0. The van der Waals surface area contributed by atoms with Crippen LogP contribution in [0.3, 0.4) is 0 Å². The highest BCUT2D eigenvalue weighted by Gasteiger charge is 2.37. The van der Waals surface area contributed by atoms with Crippen LogP contribution < -0.4 is 0 Å². The van der Waals surface area contributed by atoms with Crippen LogP contribution >= 0.6 is 0 Å². The van der Waals surface area contributed by atoms with Crippen LogP contribution in [0.2, 0.25) is 0 Å². The van der Waals surface area contributed by atoms with Crippen LogP contribution in [0.25, 0.3) is 0 Å². The lowest BCUT2D eigenvalue weighted by atomic mass is 9.82. The summed E-state index contributed by atoms with van der Waals surface area (Å²) in [5.74, 6) is -0.729. The van der Waals surface area contributed by atoms with Gasteiger partial charge in [-0.05, 0) is 33.2 Å². The molecule has 1 heterocycles. The summed E-state index contributed by atoms with van der Waals surface area (Å²) in [6, 6.07) is 0. The van der Waals surface area contributed by atoms with Crippen molar-refractivity contribution in [1.29, 1.82) is 0 Å². The van der Waals surface area contributed by atoms with Gasteiger partial charge >= 0.3 is 5.97 Å². The van der Waals surface area contributed by atoms with E-state index in [0.29, 0.717) is 13.1 Å². The van der Waals surface area contributed by atoms with Crippen LogP contribution in [0.4, 0.5) is 0 Å². The van der Waals surface area contributed by atoms with E-state index in [1.807, 2.05) is 4.90 Å². The third-order valence-corrected chi connectivity index (χ3v) is 2.81. The Bertz CT molecular complexity index is 217. The highest BCUT2D eigenvalue weighted by Crippen LogP contribution is 2.29. The maximum Gasteiger partial charge on any atom is 0.310 e. The topological polar surface area (TPSA) is 60.8 Å². The summed E-state index contributed by atoms with van der Waals surface area (Å²) < 4.78 is 0. The SMILES string of the molecule is CC(O)CN1CCCC(C)(C(=O)O)C1. The van der Waals surface area contributed by atoms with Crippen molar-refractivity contribution in [2.45, 2.75) is 32.8 Å². The average molecular weight is 201 g/mol. The van der Waals surface area contributed by atoms with Crippen molar-refractivity contribution in [3.05, 3.63) is 0 Å². The van der Waals surface area contributed by atoms with Gasteiger partial charge in [0.25, 0.3) is 0 Å². The molecule has 1 aliphatic heterocycles. The van der Waals surface area contributed by atoms with Crippen LogP contribution in [0.5, 0.6) is 0 Å². The Morgan fingerprint density at radius 2 is 2.29 bits per heavy atom. The van der Waals surface area contributed by atoms with Crippen LogP contribution in [-0.2, 0) is 4.79 Å². The first-order chi connectivity index (χ1) is 6.44. The number of β-amino-alcohol motifs (C(OH)–C–C–N with tert-alkyl or cyclic N) is 1. The van der Waals surface area contributed by atoms with Crippen molar-refractivity contribution in [1.82, 2.24) is 4.90 Å². The summed E-state index contributed by atoms with van der Waals surface area (Å²) in [5, 5.41) is 18.3. The number of carboxylic acid groups (broad SMARTS) is 1. The molecule has 1 rings (SSSR count). The summed E-state index contributed by atoms with van der Waals surface area (Å²) in [5.41, 5.74) is -0.632. The van der Waals surface area contributed by atoms with E-state index in [-0.39, 0.29) is 6.10 Å². The number of aliphatic hydroxyl groups excluding tert-OH is 1. The summed E-state index contributed by atoms with van der Waals surface area (Å²) in [7, 11) is 0. The Labute approximate surface area is 84.5 Å². The number of carbonyl (C=O) groups is 1. The third-order valence-electron chi connectivity index (χ3n) is 2.81. The molecule has 2 atom stereocenters. The second-order valence-electron chi connectivity index (χ2n) is 4.55. The van der Waals surface area contributed by atoms with E-state index in [1.165, 1.54) is 0 Å². The monoisotopic (exact) mass is 201 g/mol. The summed E-state index contributed by atoms with van der Waals surface area (Å²) in [6.45, 7) is 5.53. The van der Waals surface area contributed by atoms with Crippen LogP contribution in [0.1, 0.15) is 26.7 Å². The minimum Gasteiger partial charge on any atom is -0.481 e. The molecule has 14 heavy (non-hydrogen) atoms. The van der Waals surface area contributed by atoms with Gasteiger partial charge in [-0.15, -0.1) is 0 Å². The molecule has 0 radical (unpaired) electrons. The van der Waals surface area contributed by atoms with Gasteiger partial charge in [0.2, 0.25) is 0 Å². The van der Waals surface area contributed by atoms with Crippen molar-refractivity contribution in [2.75, 3.05) is 19.6 Å². The van der Waals surface area contributed by atoms with Gasteiger partial charge in [0, 0.05) is 13.1 Å². The van der Waals surface area contributed by atoms with E-state index in [4.69, 9.17) is 5.11 Å². The molecule has 2 N–H and O–H groups in total. The zero-order valence-electron chi connectivity index (χ0n) is 8.86. The van der Waals surface area contributed by atoms with Crippen molar-refractivity contribution >= 4 is 5.97 Å². The average Bonchev–Trinajstić information content (AvgIpc) is 2.02. The standard InChI is InChI=1S/C10H19NO3/c1-8(12)6-11-5-3-4-10(2,7-11)9(13)14/h8,12H,3-7H2,1-2H3,(H,13,14). The van der Waals surface area contributed by atoms with E-state index in [9.17, 15) is 9.90 Å². The van der Waals surface area contributed by atoms with E-state index in [2.05, 4.69) is 0 Å². The smallest absolute Gasteiger partial charge is 0.310 e. The number of hydrogen-bond acceptors (Lipinski definition) is 3. The van der Waals surface area contributed by atoms with Gasteiger partial charge in [0.15, 0.2) is 0 Å². The highest BCUT2D eigenvalue weighted by atomic mass is 16.4. The first kappa shape index (κ1) is 11.5. The lowest BCUT2D eigenvalue weighted by Crippen LogP contribution is -2.47. The van der Waals surface area contributed by atoms with Crippen molar-refractivity contribution in [2.24, 2.45) is 5.41 Å². The quantitative estimate of drug-likeness (QED) is 0.700. The number of piperidine rings is 1. The Morgan fingerprint density at radius 3 is 2.79 bits per heavy atom. The van der Waals surface area contributed by atoms with Crippen LogP contribution in [0, 0.1) is 5.41 Å². The molecule has 0 aromatic carbocycles. The zero-order valence-corrected chi connectivity index (χ0v) is 8.86. The highest BCUT2D eigenvalue weighted by molar-refractivity contribution is 5.74. The fourth-order valence-corrected chi connectivity index (χ4v) is 2.05. The molecule has 1 fully saturated rings. The van der Waals surface area contributed by atoms with E-state index >= 15 is 0 Å². The normalized spacial score (nSPS) is 31.4. The molecule has 0 aliphatic carbocycles. The Kier molecular flexibility index (Phi) is 3.50. The number of aliphatic hydroxyl groups is 1. The van der Waals surface area contributed by atoms with Gasteiger partial charge in [-0.2, -0.15) is 0 Å². The first-order valence-electron chi connectivity index (χ1n) is 5.08. The molecule has 82 valence electrons. The molecular weight excluding hydrogens is 182 g/mol. The fraction of sp³-hybridized carbons (Fsp3) is 0.900. The zero-order chi connectivity index (χ0) is 10.8. The Balaban J connectivity index is 2.55. The fourth-order valence-electron chi connectivity index (χ4n) is 2.05. The molecule has 1 saturated heterocycles. The predicted octanol–water partition coefficient (Wildman–Crippen LogP) is 0.554. The Morgan fingerprint density at radius 1 is 1.64 bits per heavy atom. The number of likely N-dealkylation sites (tertiary alicyclic amines) is 1. The molecule has 1 aliphatic rings. The maximum atomic E-state index is 11.0. The number of nitrogens with zero attached hydrogens (tertiary/aromatic N) is 1. The van der Waals surface area contributed by atoms with Crippen molar-refractivity contribution in [3.63, 3.8) is 0 Å². The minimum atomic E-state index is -0.729. The van der Waals surface area contributed by atoms with Crippen molar-refractivity contribution in [3.8, 4) is 0 Å². The molecule has 2 unspecified atom stereocenters. The number of rotatable bonds is 3. The summed E-state index contributed by atoms with van der Waals surface area (Å²) >= 11 is 0. The predicted molar refractivity (Wildman–Crippen MR) is 53.1 cm³/mol. The van der Waals surface area contributed by atoms with Crippen LogP contribution in [-0.4, -0.2) is 46.8 Å². The second-order valence-corrected chi connectivity index (χ2v) is 4.55. The molecule has 4 nitrogen and oxygen atoms in total. The molecule has 0 bridgehead atoms. The Hall–Kier alpha value is -0.610. The molecule has 0 aromatic rings. The van der Waals surface area contributed by atoms with Gasteiger partial charge in [-0.25, -0.2) is 0 Å². The molecule has 0 saturated carbocycles. The number of carboxylic acids is 1. The third kappa shape index (κ3) is 2.69. The molecule has 0 spiro atoms. The lowest BCUT2D eigenvalue weighted by molar-refractivity contribution is -0.151. The van der Waals surface area contributed by atoms with Crippen LogP contribution in [0.15, 0.2) is 0 Å². The molecule has 0 aromatic heterocycles. The van der Waals surface area contributed by atoms with Gasteiger partial charge < -0.3 is 10.2 Å². The van der Waals surface area contributed by atoms with Gasteiger partial charge in [-0.3, -0.25) is 9.69 Å². The number of aliphatic carboxylic acids is 1. The van der Waals surface area contributed by atoms with Crippen molar-refractivity contribution < 1.29 is 15.0 Å². The van der Waals surface area contributed by atoms with E-state index in [0.717, 1.165) is 19.4 Å². The van der Waals surface area contributed by atoms with Gasteiger partial charge in [0.1, 0.15) is 0 Å². The lowest BCUT2D eigenvalue weighted by Gasteiger charge is -2.37. The summed E-state index contributed by atoms with van der Waals surface area (Å²) in [6.07, 6.45) is 1.25. The molecule has 4 heteroatoms. The summed E-state index contributed by atoms with van der Waals surface area (Å²) in [4.78, 5) is 13.0. The van der Waals surface area contributed by atoms with E-state index in [1.54, 1.807) is 13.8 Å².